The Hall–Kier alpha value is -0.0900. The molecule has 0 aromatic carbocycles. The second-order valence-electron chi connectivity index (χ2n) is 4.91. The Labute approximate surface area is 113 Å². The summed E-state index contributed by atoms with van der Waals surface area (Å²) in [6, 6.07) is 4.07. The number of piperidine rings is 1. The van der Waals surface area contributed by atoms with E-state index in [0.717, 1.165) is 23.3 Å². The summed E-state index contributed by atoms with van der Waals surface area (Å²) < 4.78 is 0.881. The largest absolute Gasteiger partial charge is 0.311 e. The summed E-state index contributed by atoms with van der Waals surface area (Å²) in [4.78, 5) is 3.89. The van der Waals surface area contributed by atoms with Gasteiger partial charge in [0.05, 0.1) is 4.34 Å². The van der Waals surface area contributed by atoms with E-state index in [0.29, 0.717) is 0 Å². The minimum atomic E-state index is 0.881. The Bertz CT molecular complexity index is 332. The van der Waals surface area contributed by atoms with Gasteiger partial charge in [0, 0.05) is 24.5 Å². The van der Waals surface area contributed by atoms with E-state index in [2.05, 4.69) is 23.2 Å². The van der Waals surface area contributed by atoms with Crippen LogP contribution < -0.4 is 5.32 Å². The molecule has 1 aliphatic heterocycles. The quantitative estimate of drug-likeness (QED) is 0.828. The molecule has 1 N–H and O–H groups in total. The van der Waals surface area contributed by atoms with Crippen LogP contribution in [0.4, 0.5) is 0 Å². The minimum Gasteiger partial charge on any atom is -0.311 e. The summed E-state index contributed by atoms with van der Waals surface area (Å²) in [6.45, 7) is 8.09. The molecular formula is C13H21ClN2S. The second-order valence-corrected chi connectivity index (χ2v) is 6.71. The molecule has 0 bridgehead atoms. The van der Waals surface area contributed by atoms with Crippen molar-refractivity contribution in [1.82, 2.24) is 10.2 Å². The maximum Gasteiger partial charge on any atom is 0.0931 e. The number of hydrogen-bond acceptors (Lipinski definition) is 3. The Morgan fingerprint density at radius 3 is 2.82 bits per heavy atom. The molecule has 96 valence electrons. The first-order valence-corrected chi connectivity index (χ1v) is 7.61. The van der Waals surface area contributed by atoms with E-state index in [9.17, 15) is 0 Å². The van der Waals surface area contributed by atoms with E-state index in [4.69, 9.17) is 11.6 Å². The maximum absolute atomic E-state index is 5.89. The summed E-state index contributed by atoms with van der Waals surface area (Å²) in [5, 5.41) is 3.48. The van der Waals surface area contributed by atoms with Crippen LogP contribution in [0.5, 0.6) is 0 Å². The van der Waals surface area contributed by atoms with Crippen molar-refractivity contribution in [1.29, 1.82) is 0 Å². The highest BCUT2D eigenvalue weighted by molar-refractivity contribution is 7.16. The highest BCUT2D eigenvalue weighted by atomic mass is 35.5. The van der Waals surface area contributed by atoms with Crippen molar-refractivity contribution in [3.05, 3.63) is 21.3 Å². The lowest BCUT2D eigenvalue weighted by molar-refractivity contribution is 0.193. The minimum absolute atomic E-state index is 0.881. The van der Waals surface area contributed by atoms with E-state index in [1.165, 1.54) is 37.4 Å². The molecule has 0 saturated carbocycles. The zero-order valence-corrected chi connectivity index (χ0v) is 12.0. The van der Waals surface area contributed by atoms with E-state index < -0.39 is 0 Å². The van der Waals surface area contributed by atoms with Gasteiger partial charge < -0.3 is 10.2 Å². The van der Waals surface area contributed by atoms with E-state index in [1.807, 2.05) is 6.07 Å². The van der Waals surface area contributed by atoms with Gasteiger partial charge in [0.25, 0.3) is 0 Å². The maximum atomic E-state index is 5.89. The van der Waals surface area contributed by atoms with Crippen LogP contribution in [0.25, 0.3) is 0 Å². The van der Waals surface area contributed by atoms with Gasteiger partial charge in [0.2, 0.25) is 0 Å². The molecule has 1 aromatic heterocycles. The molecule has 0 atom stereocenters. The van der Waals surface area contributed by atoms with Crippen LogP contribution in [-0.2, 0) is 6.54 Å². The Morgan fingerprint density at radius 1 is 1.41 bits per heavy atom. The normalized spacial score (nSPS) is 18.7. The fourth-order valence-corrected chi connectivity index (χ4v) is 3.24. The van der Waals surface area contributed by atoms with Crippen LogP contribution >= 0.6 is 22.9 Å². The lowest BCUT2D eigenvalue weighted by Gasteiger charge is -2.30. The molecule has 0 unspecified atom stereocenters. The standard InChI is InChI=1S/C13H21ClN2S/c1-11-4-7-16(8-5-11)9-6-15-10-12-2-3-13(14)17-12/h2-3,11,15H,4-10H2,1H3. The van der Waals surface area contributed by atoms with E-state index >= 15 is 0 Å². The average molecular weight is 273 g/mol. The van der Waals surface area contributed by atoms with Crippen molar-refractivity contribution in [2.45, 2.75) is 26.3 Å². The fraction of sp³-hybridized carbons (Fsp3) is 0.692. The van der Waals surface area contributed by atoms with Crippen molar-refractivity contribution in [3.63, 3.8) is 0 Å². The van der Waals surface area contributed by atoms with Gasteiger partial charge >= 0.3 is 0 Å². The van der Waals surface area contributed by atoms with Gasteiger partial charge in [-0.25, -0.2) is 0 Å². The molecular weight excluding hydrogens is 252 g/mol. The number of rotatable bonds is 5. The molecule has 4 heteroatoms. The van der Waals surface area contributed by atoms with Crippen molar-refractivity contribution in [2.75, 3.05) is 26.2 Å². The summed E-state index contributed by atoms with van der Waals surface area (Å²) in [6.07, 6.45) is 2.72. The number of nitrogens with zero attached hydrogens (tertiary/aromatic N) is 1. The van der Waals surface area contributed by atoms with Gasteiger partial charge in [0.15, 0.2) is 0 Å². The zero-order chi connectivity index (χ0) is 12.1. The number of hydrogen-bond donors (Lipinski definition) is 1. The molecule has 0 spiro atoms. The van der Waals surface area contributed by atoms with Crippen molar-refractivity contribution in [2.24, 2.45) is 5.92 Å². The van der Waals surface area contributed by atoms with Gasteiger partial charge in [-0.2, -0.15) is 0 Å². The third-order valence-electron chi connectivity index (χ3n) is 3.41. The smallest absolute Gasteiger partial charge is 0.0931 e. The zero-order valence-electron chi connectivity index (χ0n) is 10.4. The van der Waals surface area contributed by atoms with Crippen LogP contribution in [0, 0.1) is 5.92 Å². The van der Waals surface area contributed by atoms with Crippen molar-refractivity contribution < 1.29 is 0 Å². The van der Waals surface area contributed by atoms with Gasteiger partial charge in [-0.3, -0.25) is 0 Å². The monoisotopic (exact) mass is 272 g/mol. The number of likely N-dealkylation sites (tertiary alicyclic amines) is 1. The predicted octanol–water partition coefficient (Wildman–Crippen LogP) is 3.22. The number of thiophene rings is 1. The van der Waals surface area contributed by atoms with Gasteiger partial charge in [0.1, 0.15) is 0 Å². The molecule has 1 aliphatic rings. The first-order valence-electron chi connectivity index (χ1n) is 6.41. The first-order chi connectivity index (χ1) is 8.24. The number of halogens is 1. The van der Waals surface area contributed by atoms with Crippen LogP contribution in [0.15, 0.2) is 12.1 Å². The van der Waals surface area contributed by atoms with Gasteiger partial charge in [-0.1, -0.05) is 18.5 Å². The Morgan fingerprint density at radius 2 is 2.18 bits per heavy atom. The predicted molar refractivity (Wildman–Crippen MR) is 75.9 cm³/mol. The molecule has 0 amide bonds. The highest BCUT2D eigenvalue weighted by Gasteiger charge is 2.14. The average Bonchev–Trinajstić information content (AvgIpc) is 2.73. The first kappa shape index (κ1) is 13.3. The Balaban J connectivity index is 1.57. The van der Waals surface area contributed by atoms with Crippen LogP contribution in [-0.4, -0.2) is 31.1 Å². The Kier molecular flexibility index (Phi) is 5.29. The molecule has 1 fully saturated rings. The van der Waals surface area contributed by atoms with Crippen LogP contribution in [0.2, 0.25) is 4.34 Å². The van der Waals surface area contributed by atoms with Crippen molar-refractivity contribution >= 4 is 22.9 Å². The van der Waals surface area contributed by atoms with Crippen LogP contribution in [0.1, 0.15) is 24.6 Å². The second kappa shape index (κ2) is 6.74. The fourth-order valence-electron chi connectivity index (χ4n) is 2.18. The van der Waals surface area contributed by atoms with Crippen LogP contribution in [0.3, 0.4) is 0 Å². The third-order valence-corrected chi connectivity index (χ3v) is 4.64. The van der Waals surface area contributed by atoms with E-state index in [-0.39, 0.29) is 0 Å². The highest BCUT2D eigenvalue weighted by Crippen LogP contribution is 2.21. The molecule has 0 radical (unpaired) electrons. The molecule has 1 aromatic rings. The summed E-state index contributed by atoms with van der Waals surface area (Å²) in [5.74, 6) is 0.924. The van der Waals surface area contributed by atoms with Crippen molar-refractivity contribution in [3.8, 4) is 0 Å². The topological polar surface area (TPSA) is 15.3 Å². The molecule has 1 saturated heterocycles. The third kappa shape index (κ3) is 4.59. The van der Waals surface area contributed by atoms with E-state index in [1.54, 1.807) is 11.3 Å². The molecule has 0 aliphatic carbocycles. The summed E-state index contributed by atoms with van der Waals surface area (Å²) in [7, 11) is 0. The SMILES string of the molecule is CC1CCN(CCNCc2ccc(Cl)s2)CC1. The lowest BCUT2D eigenvalue weighted by Crippen LogP contribution is -2.37. The lowest BCUT2D eigenvalue weighted by atomic mass is 9.99. The van der Waals surface area contributed by atoms with Gasteiger partial charge in [-0.05, 0) is 44.0 Å². The molecule has 2 heterocycles. The molecule has 2 nitrogen and oxygen atoms in total. The molecule has 17 heavy (non-hydrogen) atoms. The molecule has 2 rings (SSSR count). The summed E-state index contributed by atoms with van der Waals surface area (Å²) >= 11 is 7.55. The number of nitrogens with one attached hydrogen (secondary N) is 1. The van der Waals surface area contributed by atoms with Gasteiger partial charge in [-0.15, -0.1) is 11.3 Å². The summed E-state index contributed by atoms with van der Waals surface area (Å²) in [5.41, 5.74) is 0.